The molecule has 0 aliphatic heterocycles. The molecule has 0 aromatic carbocycles. The van der Waals surface area contributed by atoms with E-state index in [1.807, 2.05) is 18.9 Å². The fraction of sp³-hybridized carbons (Fsp3) is 0.615. The van der Waals surface area contributed by atoms with Crippen molar-refractivity contribution in [2.24, 2.45) is 5.73 Å². The highest BCUT2D eigenvalue weighted by Crippen LogP contribution is 2.23. The van der Waals surface area contributed by atoms with E-state index < -0.39 is 0 Å². The van der Waals surface area contributed by atoms with Crippen molar-refractivity contribution in [3.8, 4) is 0 Å². The monoisotopic (exact) mass is 236 g/mol. The van der Waals surface area contributed by atoms with Gasteiger partial charge in [0.15, 0.2) is 0 Å². The van der Waals surface area contributed by atoms with Gasteiger partial charge in [0.2, 0.25) is 0 Å². The molecule has 0 spiro atoms. The third-order valence-corrected chi connectivity index (χ3v) is 3.70. The molecule has 0 bridgehead atoms. The molecule has 4 heteroatoms. The van der Waals surface area contributed by atoms with Crippen molar-refractivity contribution in [2.75, 3.05) is 7.05 Å². The van der Waals surface area contributed by atoms with Crippen LogP contribution in [0.1, 0.15) is 41.8 Å². The summed E-state index contributed by atoms with van der Waals surface area (Å²) >= 11 is 0. The Morgan fingerprint density at radius 3 is 2.59 bits per heavy atom. The van der Waals surface area contributed by atoms with Gasteiger partial charge in [-0.2, -0.15) is 0 Å². The number of rotatable bonds is 2. The lowest BCUT2D eigenvalue weighted by Gasteiger charge is -2.33. The van der Waals surface area contributed by atoms with Crippen LogP contribution < -0.4 is 5.73 Å². The van der Waals surface area contributed by atoms with Gasteiger partial charge in [-0.1, -0.05) is 0 Å². The number of carbonyl (C=O) groups excluding carboxylic acids is 1. The van der Waals surface area contributed by atoms with E-state index >= 15 is 0 Å². The Kier molecular flexibility index (Phi) is 3.52. The Bertz CT molecular complexity index is 392. The van der Waals surface area contributed by atoms with Crippen LogP contribution in [0.5, 0.6) is 0 Å². The molecule has 1 saturated carbocycles. The second kappa shape index (κ2) is 4.92. The first-order valence-corrected chi connectivity index (χ1v) is 6.16. The van der Waals surface area contributed by atoms with E-state index in [1.54, 1.807) is 12.3 Å². The van der Waals surface area contributed by atoms with E-state index in [9.17, 15) is 4.79 Å². The third-order valence-electron chi connectivity index (χ3n) is 3.70. The van der Waals surface area contributed by atoms with Crippen LogP contribution in [0.15, 0.2) is 16.7 Å². The minimum Gasteiger partial charge on any atom is -0.469 e. The van der Waals surface area contributed by atoms with E-state index in [4.69, 9.17) is 10.2 Å². The molecule has 0 atom stereocenters. The maximum absolute atomic E-state index is 12.2. The zero-order chi connectivity index (χ0) is 12.4. The molecular formula is C13H20N2O2. The topological polar surface area (TPSA) is 59.5 Å². The molecule has 1 heterocycles. The first-order valence-electron chi connectivity index (χ1n) is 6.16. The van der Waals surface area contributed by atoms with Crippen molar-refractivity contribution < 1.29 is 9.21 Å². The van der Waals surface area contributed by atoms with Crippen LogP contribution in [-0.4, -0.2) is 29.9 Å². The van der Waals surface area contributed by atoms with Gasteiger partial charge in [0, 0.05) is 19.1 Å². The molecular weight excluding hydrogens is 216 g/mol. The van der Waals surface area contributed by atoms with Crippen LogP contribution in [0.25, 0.3) is 0 Å². The molecule has 2 N–H and O–H groups in total. The third kappa shape index (κ3) is 2.52. The van der Waals surface area contributed by atoms with Gasteiger partial charge in [0.05, 0.1) is 11.8 Å². The summed E-state index contributed by atoms with van der Waals surface area (Å²) in [5, 5.41) is 0. The molecule has 1 fully saturated rings. The van der Waals surface area contributed by atoms with E-state index in [-0.39, 0.29) is 5.91 Å². The van der Waals surface area contributed by atoms with Gasteiger partial charge in [-0.3, -0.25) is 4.79 Å². The molecule has 1 aromatic heterocycles. The van der Waals surface area contributed by atoms with Crippen LogP contribution in [0, 0.1) is 6.92 Å². The van der Waals surface area contributed by atoms with E-state index in [0.717, 1.165) is 25.7 Å². The van der Waals surface area contributed by atoms with E-state index in [1.165, 1.54) is 0 Å². The van der Waals surface area contributed by atoms with Crippen LogP contribution in [0.4, 0.5) is 0 Å². The maximum atomic E-state index is 12.2. The zero-order valence-corrected chi connectivity index (χ0v) is 10.5. The molecule has 2 rings (SSSR count). The first-order chi connectivity index (χ1) is 8.09. The Labute approximate surface area is 102 Å². The molecule has 1 aliphatic carbocycles. The SMILES string of the molecule is Cc1occc1C(=O)N(C)C1CCC(N)CC1. The highest BCUT2D eigenvalue weighted by molar-refractivity contribution is 5.95. The molecule has 94 valence electrons. The summed E-state index contributed by atoms with van der Waals surface area (Å²) in [5.41, 5.74) is 6.54. The Morgan fingerprint density at radius 2 is 2.06 bits per heavy atom. The van der Waals surface area contributed by atoms with Crippen molar-refractivity contribution in [2.45, 2.75) is 44.7 Å². The fourth-order valence-electron chi connectivity index (χ4n) is 2.45. The molecule has 1 aromatic rings. The number of amides is 1. The van der Waals surface area contributed by atoms with Gasteiger partial charge in [0.1, 0.15) is 5.76 Å². The van der Waals surface area contributed by atoms with E-state index in [2.05, 4.69) is 0 Å². The molecule has 1 aliphatic rings. The summed E-state index contributed by atoms with van der Waals surface area (Å²) in [6.07, 6.45) is 5.58. The maximum Gasteiger partial charge on any atom is 0.257 e. The molecule has 17 heavy (non-hydrogen) atoms. The summed E-state index contributed by atoms with van der Waals surface area (Å²) < 4.78 is 5.17. The van der Waals surface area contributed by atoms with Crippen LogP contribution in [0.2, 0.25) is 0 Å². The lowest BCUT2D eigenvalue weighted by Crippen LogP contribution is -2.41. The number of nitrogens with two attached hydrogens (primary N) is 1. The molecule has 4 nitrogen and oxygen atoms in total. The minimum absolute atomic E-state index is 0.0525. The minimum atomic E-state index is 0.0525. The Hall–Kier alpha value is -1.29. The highest BCUT2D eigenvalue weighted by atomic mass is 16.3. The summed E-state index contributed by atoms with van der Waals surface area (Å²) in [6.45, 7) is 1.82. The fourth-order valence-corrected chi connectivity index (χ4v) is 2.45. The number of nitrogens with zero attached hydrogens (tertiary/aromatic N) is 1. The number of furan rings is 1. The standard InChI is InChI=1S/C13H20N2O2/c1-9-12(7-8-17-9)13(16)15(2)11-5-3-10(14)4-6-11/h7-8,10-11H,3-6,14H2,1-2H3. The van der Waals surface area contributed by atoms with Crippen LogP contribution in [0.3, 0.4) is 0 Å². The summed E-state index contributed by atoms with van der Waals surface area (Å²) in [7, 11) is 1.87. The van der Waals surface area contributed by atoms with Crippen molar-refractivity contribution >= 4 is 5.91 Å². The van der Waals surface area contributed by atoms with Crippen molar-refractivity contribution in [3.63, 3.8) is 0 Å². The van der Waals surface area contributed by atoms with Gasteiger partial charge in [-0.25, -0.2) is 0 Å². The van der Waals surface area contributed by atoms with E-state index in [0.29, 0.717) is 23.4 Å². The summed E-state index contributed by atoms with van der Waals surface area (Å²) in [4.78, 5) is 14.1. The molecule has 0 unspecified atom stereocenters. The van der Waals surface area contributed by atoms with Crippen molar-refractivity contribution in [1.29, 1.82) is 0 Å². The summed E-state index contributed by atoms with van der Waals surface area (Å²) in [6, 6.07) is 2.37. The smallest absolute Gasteiger partial charge is 0.257 e. The van der Waals surface area contributed by atoms with Gasteiger partial charge in [0.25, 0.3) is 5.91 Å². The predicted molar refractivity (Wildman–Crippen MR) is 65.8 cm³/mol. The van der Waals surface area contributed by atoms with Crippen LogP contribution >= 0.6 is 0 Å². The van der Waals surface area contributed by atoms with Gasteiger partial charge >= 0.3 is 0 Å². The van der Waals surface area contributed by atoms with Crippen LogP contribution in [-0.2, 0) is 0 Å². The Balaban J connectivity index is 2.03. The normalized spacial score (nSPS) is 24.6. The average molecular weight is 236 g/mol. The van der Waals surface area contributed by atoms with Gasteiger partial charge < -0.3 is 15.1 Å². The van der Waals surface area contributed by atoms with Gasteiger partial charge in [-0.05, 0) is 38.7 Å². The number of aryl methyl sites for hydroxylation is 1. The number of hydrogen-bond donors (Lipinski definition) is 1. The highest BCUT2D eigenvalue weighted by Gasteiger charge is 2.26. The Morgan fingerprint density at radius 1 is 1.41 bits per heavy atom. The lowest BCUT2D eigenvalue weighted by atomic mass is 9.91. The van der Waals surface area contributed by atoms with Crippen molar-refractivity contribution in [3.05, 3.63) is 23.7 Å². The molecule has 1 amide bonds. The second-order valence-electron chi connectivity index (χ2n) is 4.88. The predicted octanol–water partition coefficient (Wildman–Crippen LogP) is 1.93. The molecule has 0 radical (unpaired) electrons. The number of carbonyl (C=O) groups is 1. The van der Waals surface area contributed by atoms with Gasteiger partial charge in [-0.15, -0.1) is 0 Å². The lowest BCUT2D eigenvalue weighted by molar-refractivity contribution is 0.0688. The number of hydrogen-bond acceptors (Lipinski definition) is 3. The quantitative estimate of drug-likeness (QED) is 0.853. The second-order valence-corrected chi connectivity index (χ2v) is 4.88. The zero-order valence-electron chi connectivity index (χ0n) is 10.5. The molecule has 0 saturated heterocycles. The first kappa shape index (κ1) is 12.2. The average Bonchev–Trinajstić information content (AvgIpc) is 2.74. The largest absolute Gasteiger partial charge is 0.469 e. The summed E-state index contributed by atoms with van der Waals surface area (Å²) in [5.74, 6) is 0.742. The van der Waals surface area contributed by atoms with Crippen molar-refractivity contribution in [1.82, 2.24) is 4.90 Å².